The van der Waals surface area contributed by atoms with Crippen LogP contribution in [0.5, 0.6) is 0 Å². The average molecular weight is 400 g/mol. The summed E-state index contributed by atoms with van der Waals surface area (Å²) in [6.45, 7) is 1.16. The zero-order valence-corrected chi connectivity index (χ0v) is 14.8. The fraction of sp³-hybridized carbons (Fsp3) is 0.263. The smallest absolute Gasteiger partial charge is 0.333 e. The first kappa shape index (κ1) is 21.3. The second-order valence-electron chi connectivity index (χ2n) is 5.93. The van der Waals surface area contributed by atoms with Gasteiger partial charge in [0, 0.05) is 6.54 Å². The number of hydrogen-bond acceptors (Lipinski definition) is 2. The molecule has 0 unspecified atom stereocenters. The number of hydrogen-bond donors (Lipinski definition) is 1. The third-order valence-corrected chi connectivity index (χ3v) is 3.91. The van der Waals surface area contributed by atoms with Crippen molar-refractivity contribution in [3.05, 3.63) is 65.2 Å². The Bertz CT molecular complexity index is 847. The quantitative estimate of drug-likeness (QED) is 0.745. The first-order valence-electron chi connectivity index (χ1n) is 8.29. The molecule has 0 heterocycles. The SMILES string of the molecule is CCN(CC(=O)Nc1c(F)cccc1F)C(=O)Cc1cccc(C(F)(F)F)c1. The van der Waals surface area contributed by atoms with E-state index in [0.29, 0.717) is 0 Å². The number of nitrogens with zero attached hydrogens (tertiary/aromatic N) is 1. The molecule has 0 spiro atoms. The van der Waals surface area contributed by atoms with E-state index >= 15 is 0 Å². The van der Waals surface area contributed by atoms with Crippen LogP contribution in [0.25, 0.3) is 0 Å². The highest BCUT2D eigenvalue weighted by Gasteiger charge is 2.30. The number of rotatable bonds is 6. The van der Waals surface area contributed by atoms with Crippen LogP contribution in [0.3, 0.4) is 0 Å². The molecule has 2 aromatic carbocycles. The Morgan fingerprint density at radius 3 is 2.21 bits per heavy atom. The fourth-order valence-corrected chi connectivity index (χ4v) is 2.49. The minimum Gasteiger partial charge on any atom is -0.333 e. The normalized spacial score (nSPS) is 11.2. The van der Waals surface area contributed by atoms with Crippen molar-refractivity contribution < 1.29 is 31.5 Å². The number of likely N-dealkylation sites (N-methyl/N-ethyl adjacent to an activating group) is 1. The lowest BCUT2D eigenvalue weighted by Gasteiger charge is -2.21. The van der Waals surface area contributed by atoms with Gasteiger partial charge in [-0.25, -0.2) is 8.78 Å². The molecule has 1 N–H and O–H groups in total. The number of halogens is 5. The van der Waals surface area contributed by atoms with Crippen molar-refractivity contribution in [1.82, 2.24) is 4.90 Å². The second-order valence-corrected chi connectivity index (χ2v) is 5.93. The summed E-state index contributed by atoms with van der Waals surface area (Å²) in [6.07, 6.45) is -4.88. The Morgan fingerprint density at radius 1 is 1.04 bits per heavy atom. The lowest BCUT2D eigenvalue weighted by Crippen LogP contribution is -2.39. The van der Waals surface area contributed by atoms with E-state index in [1.165, 1.54) is 12.1 Å². The summed E-state index contributed by atoms with van der Waals surface area (Å²) >= 11 is 0. The van der Waals surface area contributed by atoms with Gasteiger partial charge in [0.2, 0.25) is 11.8 Å². The summed E-state index contributed by atoms with van der Waals surface area (Å²) in [5.74, 6) is -3.35. The predicted octanol–water partition coefficient (Wildman–Crippen LogP) is 4.01. The Morgan fingerprint density at radius 2 is 1.64 bits per heavy atom. The summed E-state index contributed by atoms with van der Waals surface area (Å²) in [7, 11) is 0. The van der Waals surface area contributed by atoms with Gasteiger partial charge in [0.15, 0.2) is 0 Å². The van der Waals surface area contributed by atoms with Crippen LogP contribution in [0, 0.1) is 11.6 Å². The molecule has 4 nitrogen and oxygen atoms in total. The molecule has 2 amide bonds. The van der Waals surface area contributed by atoms with Gasteiger partial charge >= 0.3 is 6.18 Å². The monoisotopic (exact) mass is 400 g/mol. The van der Waals surface area contributed by atoms with Gasteiger partial charge in [-0.3, -0.25) is 9.59 Å². The third kappa shape index (κ3) is 5.51. The second kappa shape index (κ2) is 8.81. The summed E-state index contributed by atoms with van der Waals surface area (Å²) in [5, 5.41) is 2.06. The fourth-order valence-electron chi connectivity index (χ4n) is 2.49. The van der Waals surface area contributed by atoms with Crippen LogP contribution < -0.4 is 5.32 Å². The predicted molar refractivity (Wildman–Crippen MR) is 92.4 cm³/mol. The molecule has 2 aromatic rings. The van der Waals surface area contributed by atoms with Gasteiger partial charge in [0.1, 0.15) is 17.3 Å². The Labute approximate surface area is 158 Å². The number of alkyl halides is 3. The molecule has 0 saturated heterocycles. The molecule has 28 heavy (non-hydrogen) atoms. The van der Waals surface area contributed by atoms with E-state index in [1.54, 1.807) is 6.92 Å². The molecular weight excluding hydrogens is 383 g/mol. The Kier molecular flexibility index (Phi) is 6.71. The van der Waals surface area contributed by atoms with Crippen LogP contribution in [0.2, 0.25) is 0 Å². The molecule has 0 bridgehead atoms. The number of carbonyl (C=O) groups excluding carboxylic acids is 2. The highest BCUT2D eigenvalue weighted by atomic mass is 19.4. The van der Waals surface area contributed by atoms with Gasteiger partial charge in [-0.15, -0.1) is 0 Å². The topological polar surface area (TPSA) is 49.4 Å². The largest absolute Gasteiger partial charge is 0.416 e. The standard InChI is InChI=1S/C19H17F5N2O2/c1-2-26(11-16(27)25-18-14(20)7-4-8-15(18)21)17(28)10-12-5-3-6-13(9-12)19(22,23)24/h3-9H,2,10-11H2,1H3,(H,25,27). The highest BCUT2D eigenvalue weighted by molar-refractivity contribution is 5.95. The summed E-state index contributed by atoms with van der Waals surface area (Å²) in [5.41, 5.74) is -1.37. The molecule has 0 aliphatic heterocycles. The lowest BCUT2D eigenvalue weighted by molar-refractivity contribution is -0.138. The minimum atomic E-state index is -4.53. The summed E-state index contributed by atoms with van der Waals surface area (Å²) in [4.78, 5) is 25.5. The van der Waals surface area contributed by atoms with Crippen LogP contribution in [-0.4, -0.2) is 29.8 Å². The number of anilines is 1. The van der Waals surface area contributed by atoms with Crippen LogP contribution in [0.4, 0.5) is 27.6 Å². The van der Waals surface area contributed by atoms with Crippen molar-refractivity contribution in [1.29, 1.82) is 0 Å². The van der Waals surface area contributed by atoms with Crippen LogP contribution in [0.15, 0.2) is 42.5 Å². The van der Waals surface area contributed by atoms with Gasteiger partial charge < -0.3 is 10.2 Å². The average Bonchev–Trinajstić information content (AvgIpc) is 2.62. The molecular formula is C19H17F5N2O2. The molecule has 2 rings (SSSR count). The van der Waals surface area contributed by atoms with Crippen LogP contribution in [-0.2, 0) is 22.2 Å². The molecule has 0 aromatic heterocycles. The number of para-hydroxylation sites is 1. The van der Waals surface area contributed by atoms with E-state index in [1.807, 2.05) is 0 Å². The first-order chi connectivity index (χ1) is 13.1. The van der Waals surface area contributed by atoms with Crippen molar-refractivity contribution in [2.24, 2.45) is 0 Å². The molecule has 0 saturated carbocycles. The maximum atomic E-state index is 13.6. The van der Waals surface area contributed by atoms with Gasteiger partial charge in [-0.05, 0) is 30.7 Å². The summed E-state index contributed by atoms with van der Waals surface area (Å²) in [6, 6.07) is 7.38. The van der Waals surface area contributed by atoms with Crippen molar-refractivity contribution >= 4 is 17.5 Å². The molecule has 0 atom stereocenters. The lowest BCUT2D eigenvalue weighted by atomic mass is 10.1. The van der Waals surface area contributed by atoms with E-state index in [2.05, 4.69) is 5.32 Å². The van der Waals surface area contributed by atoms with Crippen LogP contribution >= 0.6 is 0 Å². The third-order valence-electron chi connectivity index (χ3n) is 3.91. The highest BCUT2D eigenvalue weighted by Crippen LogP contribution is 2.29. The molecule has 150 valence electrons. The molecule has 0 fully saturated rings. The minimum absolute atomic E-state index is 0.0883. The van der Waals surface area contributed by atoms with E-state index < -0.39 is 47.4 Å². The van der Waals surface area contributed by atoms with Crippen molar-refractivity contribution in [3.8, 4) is 0 Å². The van der Waals surface area contributed by atoms with E-state index in [-0.39, 0.29) is 18.5 Å². The van der Waals surface area contributed by atoms with E-state index in [9.17, 15) is 31.5 Å². The zero-order chi connectivity index (χ0) is 20.9. The van der Waals surface area contributed by atoms with E-state index in [0.717, 1.165) is 35.2 Å². The van der Waals surface area contributed by atoms with Crippen molar-refractivity contribution in [2.45, 2.75) is 19.5 Å². The molecule has 0 aliphatic carbocycles. The van der Waals surface area contributed by atoms with Gasteiger partial charge in [0.25, 0.3) is 0 Å². The van der Waals surface area contributed by atoms with Crippen LogP contribution in [0.1, 0.15) is 18.1 Å². The molecule has 9 heteroatoms. The van der Waals surface area contributed by atoms with Gasteiger partial charge in [-0.2, -0.15) is 13.2 Å². The summed E-state index contributed by atoms with van der Waals surface area (Å²) < 4.78 is 65.5. The van der Waals surface area contributed by atoms with Gasteiger partial charge in [0.05, 0.1) is 18.5 Å². The molecule has 0 aliphatic rings. The maximum Gasteiger partial charge on any atom is 0.416 e. The number of nitrogens with one attached hydrogen (secondary N) is 1. The van der Waals surface area contributed by atoms with E-state index in [4.69, 9.17) is 0 Å². The number of amides is 2. The maximum absolute atomic E-state index is 13.6. The van der Waals surface area contributed by atoms with Gasteiger partial charge in [-0.1, -0.05) is 24.3 Å². The Hall–Kier alpha value is -2.97. The molecule has 0 radical (unpaired) electrons. The number of benzene rings is 2. The number of carbonyl (C=O) groups is 2. The zero-order valence-electron chi connectivity index (χ0n) is 14.8. The Balaban J connectivity index is 2.04. The first-order valence-corrected chi connectivity index (χ1v) is 8.29. The van der Waals surface area contributed by atoms with Crippen molar-refractivity contribution in [2.75, 3.05) is 18.4 Å². The van der Waals surface area contributed by atoms with Crippen molar-refractivity contribution in [3.63, 3.8) is 0 Å².